The lowest BCUT2D eigenvalue weighted by molar-refractivity contribution is 0.0842. The molecule has 0 bridgehead atoms. The Labute approximate surface area is 173 Å². The number of fused-ring (bicyclic) bond motifs is 1. The molecule has 0 unspecified atom stereocenters. The Morgan fingerprint density at radius 3 is 2.40 bits per heavy atom. The highest BCUT2D eigenvalue weighted by Gasteiger charge is 2.22. The van der Waals surface area contributed by atoms with E-state index in [1.54, 1.807) is 22.2 Å². The normalized spacial score (nSPS) is 11.1. The maximum absolute atomic E-state index is 12.8. The Bertz CT molecular complexity index is 1220. The summed E-state index contributed by atoms with van der Waals surface area (Å²) in [5.74, 6) is -0.827. The van der Waals surface area contributed by atoms with Crippen LogP contribution < -0.4 is 10.9 Å². The van der Waals surface area contributed by atoms with Crippen LogP contribution in [0.2, 0.25) is 0 Å². The number of hydrogen-bond donors (Lipinski definition) is 2. The Kier molecular flexibility index (Phi) is 5.05. The third kappa shape index (κ3) is 3.43. The van der Waals surface area contributed by atoms with Crippen LogP contribution in [0.15, 0.2) is 60.9 Å². The number of pyridine rings is 1. The van der Waals surface area contributed by atoms with Gasteiger partial charge in [-0.25, -0.2) is 9.67 Å². The standard InChI is InChI=1S/C22H22N6O2/c1-14(2)19-17(13-23-28(19)16-9-5-4-6-10-16)21(29)25-26-22(30)20-15(3)24-18-11-7-8-12-27(18)20/h4-14H,1-3H3,(H,25,29)(H,26,30). The number of hydrogen-bond acceptors (Lipinski definition) is 4. The van der Waals surface area contributed by atoms with Gasteiger partial charge in [-0.15, -0.1) is 0 Å². The molecule has 0 fully saturated rings. The van der Waals surface area contributed by atoms with Crippen LogP contribution in [0.3, 0.4) is 0 Å². The molecular formula is C22H22N6O2. The van der Waals surface area contributed by atoms with E-state index in [4.69, 9.17) is 0 Å². The van der Waals surface area contributed by atoms with E-state index in [-0.39, 0.29) is 5.92 Å². The van der Waals surface area contributed by atoms with Gasteiger partial charge >= 0.3 is 0 Å². The van der Waals surface area contributed by atoms with Gasteiger partial charge in [-0.2, -0.15) is 5.10 Å². The Morgan fingerprint density at radius 2 is 1.67 bits per heavy atom. The molecule has 0 aliphatic rings. The molecule has 1 aromatic carbocycles. The molecule has 0 atom stereocenters. The van der Waals surface area contributed by atoms with Crippen LogP contribution in [0, 0.1) is 6.92 Å². The first-order valence-electron chi connectivity index (χ1n) is 9.65. The molecule has 152 valence electrons. The predicted molar refractivity (Wildman–Crippen MR) is 113 cm³/mol. The molecule has 4 aromatic rings. The number of para-hydroxylation sites is 1. The average Bonchev–Trinajstić information content (AvgIpc) is 3.33. The number of aryl methyl sites for hydroxylation is 1. The van der Waals surface area contributed by atoms with Crippen molar-refractivity contribution in [1.29, 1.82) is 0 Å². The molecular weight excluding hydrogens is 380 g/mol. The number of benzene rings is 1. The fourth-order valence-electron chi connectivity index (χ4n) is 3.49. The van der Waals surface area contributed by atoms with E-state index in [0.717, 1.165) is 11.4 Å². The van der Waals surface area contributed by atoms with E-state index in [9.17, 15) is 9.59 Å². The van der Waals surface area contributed by atoms with Gasteiger partial charge in [-0.1, -0.05) is 38.1 Å². The largest absolute Gasteiger partial charge is 0.295 e. The quantitative estimate of drug-likeness (QED) is 0.513. The summed E-state index contributed by atoms with van der Waals surface area (Å²) < 4.78 is 3.43. The second kappa shape index (κ2) is 7.82. The minimum atomic E-state index is -0.443. The summed E-state index contributed by atoms with van der Waals surface area (Å²) in [6.45, 7) is 5.74. The van der Waals surface area contributed by atoms with Gasteiger partial charge in [0.25, 0.3) is 11.8 Å². The van der Waals surface area contributed by atoms with Gasteiger partial charge in [-0.3, -0.25) is 24.8 Å². The fourth-order valence-corrected chi connectivity index (χ4v) is 3.49. The van der Waals surface area contributed by atoms with Gasteiger partial charge < -0.3 is 0 Å². The van der Waals surface area contributed by atoms with Crippen LogP contribution >= 0.6 is 0 Å². The molecule has 8 heteroatoms. The summed E-state index contributed by atoms with van der Waals surface area (Å²) in [4.78, 5) is 29.9. The Morgan fingerprint density at radius 1 is 0.967 bits per heavy atom. The van der Waals surface area contributed by atoms with Crippen molar-refractivity contribution in [3.8, 4) is 5.69 Å². The highest BCUT2D eigenvalue weighted by Crippen LogP contribution is 2.23. The van der Waals surface area contributed by atoms with Crippen molar-refractivity contribution in [2.24, 2.45) is 0 Å². The zero-order chi connectivity index (χ0) is 21.3. The van der Waals surface area contributed by atoms with Gasteiger partial charge in [0.05, 0.1) is 28.8 Å². The first-order chi connectivity index (χ1) is 14.5. The van der Waals surface area contributed by atoms with E-state index < -0.39 is 11.8 Å². The van der Waals surface area contributed by atoms with E-state index in [0.29, 0.717) is 22.6 Å². The second-order valence-electron chi connectivity index (χ2n) is 7.23. The summed E-state index contributed by atoms with van der Waals surface area (Å²) in [5, 5.41) is 4.39. The van der Waals surface area contributed by atoms with Crippen molar-refractivity contribution in [3.05, 3.63) is 83.6 Å². The van der Waals surface area contributed by atoms with E-state index in [2.05, 4.69) is 20.9 Å². The lowest BCUT2D eigenvalue weighted by Gasteiger charge is -2.13. The molecule has 0 spiro atoms. The number of imidazole rings is 1. The van der Waals surface area contributed by atoms with Gasteiger partial charge in [-0.05, 0) is 37.1 Å². The monoisotopic (exact) mass is 402 g/mol. The van der Waals surface area contributed by atoms with Crippen molar-refractivity contribution in [2.45, 2.75) is 26.7 Å². The molecule has 3 aromatic heterocycles. The van der Waals surface area contributed by atoms with Gasteiger partial charge in [0.1, 0.15) is 11.3 Å². The van der Waals surface area contributed by atoms with Crippen LogP contribution in [0.4, 0.5) is 0 Å². The van der Waals surface area contributed by atoms with Crippen LogP contribution in [0.25, 0.3) is 11.3 Å². The molecule has 0 aliphatic heterocycles. The topological polar surface area (TPSA) is 93.3 Å². The van der Waals surface area contributed by atoms with Gasteiger partial charge in [0.15, 0.2) is 0 Å². The number of amides is 2. The van der Waals surface area contributed by atoms with Gasteiger partial charge in [0, 0.05) is 6.20 Å². The third-order valence-corrected chi connectivity index (χ3v) is 4.81. The van der Waals surface area contributed by atoms with Crippen LogP contribution in [0.1, 0.15) is 52.0 Å². The van der Waals surface area contributed by atoms with Crippen molar-refractivity contribution >= 4 is 17.5 Å². The summed E-state index contributed by atoms with van der Waals surface area (Å²) in [6.07, 6.45) is 3.27. The molecule has 8 nitrogen and oxygen atoms in total. The molecule has 2 N–H and O–H groups in total. The number of nitrogens with one attached hydrogen (secondary N) is 2. The first kappa shape index (κ1) is 19.4. The maximum Gasteiger partial charge on any atom is 0.288 e. The number of carbonyl (C=O) groups excluding carboxylic acids is 2. The highest BCUT2D eigenvalue weighted by molar-refractivity contribution is 5.99. The lowest BCUT2D eigenvalue weighted by atomic mass is 10.1. The maximum atomic E-state index is 12.8. The van der Waals surface area contributed by atoms with Crippen molar-refractivity contribution in [2.75, 3.05) is 0 Å². The molecule has 0 saturated heterocycles. The zero-order valence-electron chi connectivity index (χ0n) is 17.0. The molecule has 0 saturated carbocycles. The minimum Gasteiger partial charge on any atom is -0.295 e. The smallest absolute Gasteiger partial charge is 0.288 e. The summed E-state index contributed by atoms with van der Waals surface area (Å²) >= 11 is 0. The van der Waals surface area contributed by atoms with Crippen LogP contribution in [-0.2, 0) is 0 Å². The Balaban J connectivity index is 1.57. The summed E-state index contributed by atoms with van der Waals surface area (Å²) in [5.41, 5.74) is 8.65. The number of hydrazine groups is 1. The molecule has 0 radical (unpaired) electrons. The second-order valence-corrected chi connectivity index (χ2v) is 7.23. The SMILES string of the molecule is Cc1nc2ccccn2c1C(=O)NNC(=O)c1cnn(-c2ccccc2)c1C(C)C. The van der Waals surface area contributed by atoms with Crippen molar-refractivity contribution < 1.29 is 9.59 Å². The van der Waals surface area contributed by atoms with Gasteiger partial charge in [0.2, 0.25) is 0 Å². The van der Waals surface area contributed by atoms with Crippen molar-refractivity contribution in [1.82, 2.24) is 30.0 Å². The lowest BCUT2D eigenvalue weighted by Crippen LogP contribution is -2.42. The molecule has 3 heterocycles. The molecule has 2 amide bonds. The number of rotatable bonds is 4. The zero-order valence-corrected chi connectivity index (χ0v) is 17.0. The molecule has 0 aliphatic carbocycles. The minimum absolute atomic E-state index is 0.0465. The predicted octanol–water partition coefficient (Wildman–Crippen LogP) is 3.03. The fraction of sp³-hybridized carbons (Fsp3) is 0.182. The van der Waals surface area contributed by atoms with E-state index in [1.165, 1.54) is 6.20 Å². The van der Waals surface area contributed by atoms with E-state index in [1.807, 2.05) is 62.4 Å². The number of aromatic nitrogens is 4. The van der Waals surface area contributed by atoms with Crippen molar-refractivity contribution in [3.63, 3.8) is 0 Å². The van der Waals surface area contributed by atoms with Crippen LogP contribution in [0.5, 0.6) is 0 Å². The average molecular weight is 402 g/mol. The third-order valence-electron chi connectivity index (χ3n) is 4.81. The first-order valence-corrected chi connectivity index (χ1v) is 9.65. The number of nitrogens with zero attached hydrogens (tertiary/aromatic N) is 4. The van der Waals surface area contributed by atoms with Crippen LogP contribution in [-0.4, -0.2) is 31.0 Å². The van der Waals surface area contributed by atoms with E-state index >= 15 is 0 Å². The Hall–Kier alpha value is -3.94. The number of carbonyl (C=O) groups is 2. The highest BCUT2D eigenvalue weighted by atomic mass is 16.2. The molecule has 30 heavy (non-hydrogen) atoms. The summed E-state index contributed by atoms with van der Waals surface area (Å²) in [7, 11) is 0. The molecule has 4 rings (SSSR count). The summed E-state index contributed by atoms with van der Waals surface area (Å²) in [6, 6.07) is 15.1.